The van der Waals surface area contributed by atoms with Crippen LogP contribution in [0.3, 0.4) is 0 Å². The maximum Gasteiger partial charge on any atom is 2.00 e. The molecule has 0 spiro atoms. The number of carboxylic acid groups (broad SMARTS) is 1. The first-order chi connectivity index (χ1) is 9.32. The minimum atomic E-state index is -1.29. The minimum Gasteiger partial charge on any atom is -0.543 e. The van der Waals surface area contributed by atoms with E-state index >= 15 is 0 Å². The number of hydrogen-bond acceptors (Lipinski definition) is 6. The van der Waals surface area contributed by atoms with Gasteiger partial charge in [0.15, 0.2) is 5.78 Å². The van der Waals surface area contributed by atoms with E-state index in [4.69, 9.17) is 0 Å². The molecule has 2 aliphatic rings. The van der Waals surface area contributed by atoms with Gasteiger partial charge in [-0.1, -0.05) is 16.5 Å². The number of rotatable bonds is 1. The van der Waals surface area contributed by atoms with Crippen LogP contribution in [0.4, 0.5) is 0 Å². The van der Waals surface area contributed by atoms with Crippen LogP contribution in [0, 0.1) is 0 Å². The van der Waals surface area contributed by atoms with Crippen LogP contribution >= 0.6 is 12.2 Å². The van der Waals surface area contributed by atoms with Gasteiger partial charge in [0.25, 0.3) is 0 Å². The van der Waals surface area contributed by atoms with Gasteiger partial charge in [0.2, 0.25) is 0 Å². The zero-order valence-corrected chi connectivity index (χ0v) is 14.3. The summed E-state index contributed by atoms with van der Waals surface area (Å²) in [6, 6.07) is -0.516. The first-order valence-electron chi connectivity index (χ1n) is 5.80. The Labute approximate surface area is 145 Å². The summed E-state index contributed by atoms with van der Waals surface area (Å²) in [5.74, 6) is -1.41. The van der Waals surface area contributed by atoms with Crippen molar-refractivity contribution in [3.05, 3.63) is 35.6 Å². The number of dihydropyridines is 1. The van der Waals surface area contributed by atoms with Crippen LogP contribution in [0.2, 0.25) is 0 Å². The van der Waals surface area contributed by atoms with Crippen LogP contribution in [0.1, 0.15) is 6.42 Å². The fourth-order valence-electron chi connectivity index (χ4n) is 1.56. The Morgan fingerprint density at radius 3 is 2.52 bits per heavy atom. The van der Waals surface area contributed by atoms with Crippen LogP contribution in [-0.4, -0.2) is 41.1 Å². The molecule has 0 fully saturated rings. The summed E-state index contributed by atoms with van der Waals surface area (Å²) < 4.78 is 0.509. The summed E-state index contributed by atoms with van der Waals surface area (Å²) in [4.78, 5) is 23.6. The third-order valence-electron chi connectivity index (χ3n) is 2.64. The van der Waals surface area contributed by atoms with E-state index in [0.717, 1.165) is 5.57 Å². The van der Waals surface area contributed by atoms with E-state index in [1.165, 1.54) is 12.2 Å². The molecular weight excluding hydrogens is 351 g/mol. The van der Waals surface area contributed by atoms with Crippen molar-refractivity contribution < 1.29 is 31.8 Å². The number of aliphatic carboxylic acids is 1. The van der Waals surface area contributed by atoms with Crippen molar-refractivity contribution in [2.45, 2.75) is 12.5 Å². The van der Waals surface area contributed by atoms with E-state index in [1.54, 1.807) is 17.1 Å². The maximum atomic E-state index is 11.4. The largest absolute Gasteiger partial charge is 2.00 e. The van der Waals surface area contributed by atoms with Crippen LogP contribution in [0.25, 0.3) is 0 Å². The van der Waals surface area contributed by atoms with Crippen LogP contribution in [0.5, 0.6) is 0 Å². The predicted molar refractivity (Wildman–Crippen MR) is 80.5 cm³/mol. The van der Waals surface area contributed by atoms with Crippen LogP contribution in [-0.2, 0) is 39.3 Å². The van der Waals surface area contributed by atoms with Crippen molar-refractivity contribution in [3.63, 3.8) is 0 Å². The Balaban J connectivity index is 0.000000495. The molecule has 1 radical (unpaired) electrons. The second kappa shape index (κ2) is 8.94. The zero-order valence-electron chi connectivity index (χ0n) is 11.5. The number of fused-ring (bicyclic) bond motifs is 1. The van der Waals surface area contributed by atoms with E-state index in [2.05, 4.69) is 30.2 Å². The standard InChI is InChI=1S/C10H9NO3.C3H7NS2.Mn/c12-8-3-1-2-6-4-5-7(10(13)14)11-9(6)8;1-4(2)3(5)6;/h1,3-5,9,11H,2H2,(H,13,14);1-2H3,(H,5,6);/q;;+2/p-2. The number of ketones is 1. The molecule has 1 aliphatic heterocycles. The number of thiocarbonyl (C=S) groups is 1. The average molecular weight is 365 g/mol. The van der Waals surface area contributed by atoms with Gasteiger partial charge in [-0.2, -0.15) is 0 Å². The topological polar surface area (TPSA) is 72.5 Å². The summed E-state index contributed by atoms with van der Waals surface area (Å²) in [6.07, 6.45) is 7.00. The van der Waals surface area contributed by atoms with E-state index in [9.17, 15) is 14.7 Å². The number of carboxylic acids is 1. The van der Waals surface area contributed by atoms with Gasteiger partial charge in [0.05, 0.1) is 11.7 Å². The normalized spacial score (nSPS) is 18.6. The van der Waals surface area contributed by atoms with Crippen molar-refractivity contribution in [1.29, 1.82) is 0 Å². The molecule has 8 heteroatoms. The predicted octanol–water partition coefficient (Wildman–Crippen LogP) is -0.575. The summed E-state index contributed by atoms with van der Waals surface area (Å²) in [6.45, 7) is 0. The van der Waals surface area contributed by atoms with Crippen LogP contribution < -0.4 is 10.4 Å². The van der Waals surface area contributed by atoms with Crippen molar-refractivity contribution in [1.82, 2.24) is 10.2 Å². The number of carbonyl (C=O) groups is 2. The Kier molecular flexibility index (Phi) is 8.43. The fraction of sp³-hybridized carbons (Fsp3) is 0.308. The summed E-state index contributed by atoms with van der Waals surface area (Å²) in [7, 11) is 3.66. The minimum absolute atomic E-state index is 0. The van der Waals surface area contributed by atoms with E-state index in [1.807, 2.05) is 14.1 Å². The Hall–Kier alpha value is -1.21. The van der Waals surface area contributed by atoms with Crippen molar-refractivity contribution in [3.8, 4) is 0 Å². The maximum absolute atomic E-state index is 11.4. The molecule has 0 aromatic heterocycles. The fourth-order valence-corrected chi connectivity index (χ4v) is 1.56. The molecule has 1 N–H and O–H groups in total. The van der Waals surface area contributed by atoms with Gasteiger partial charge in [0, 0.05) is 14.1 Å². The van der Waals surface area contributed by atoms with Gasteiger partial charge in [-0.25, -0.2) is 0 Å². The second-order valence-corrected chi connectivity index (χ2v) is 5.39. The second-order valence-electron chi connectivity index (χ2n) is 4.36. The molecule has 0 aromatic rings. The first kappa shape index (κ1) is 19.8. The third kappa shape index (κ3) is 5.97. The number of allylic oxidation sites excluding steroid dienone is 3. The van der Waals surface area contributed by atoms with Gasteiger partial charge in [-0.15, -0.1) is 0 Å². The van der Waals surface area contributed by atoms with Gasteiger partial charge >= 0.3 is 17.1 Å². The average Bonchev–Trinajstić information content (AvgIpc) is 2.39. The van der Waals surface area contributed by atoms with E-state index in [0.29, 0.717) is 10.7 Å². The summed E-state index contributed by atoms with van der Waals surface area (Å²) >= 11 is 9.12. The Morgan fingerprint density at radius 1 is 1.48 bits per heavy atom. The van der Waals surface area contributed by atoms with Crippen molar-refractivity contribution in [2.75, 3.05) is 14.1 Å². The molecular formula is C13H14MnN2O3S2. The smallest absolute Gasteiger partial charge is 0.543 e. The van der Waals surface area contributed by atoms with Crippen molar-refractivity contribution in [2.24, 2.45) is 0 Å². The molecule has 2 rings (SSSR count). The molecule has 21 heavy (non-hydrogen) atoms. The molecule has 1 unspecified atom stereocenters. The Morgan fingerprint density at radius 2 is 2.05 bits per heavy atom. The summed E-state index contributed by atoms with van der Waals surface area (Å²) in [5.41, 5.74) is 0.852. The van der Waals surface area contributed by atoms with Gasteiger partial charge in [0.1, 0.15) is 6.04 Å². The quantitative estimate of drug-likeness (QED) is 0.379. The van der Waals surface area contributed by atoms with E-state index in [-0.39, 0.29) is 28.5 Å². The molecule has 1 aliphatic carbocycles. The molecule has 1 atom stereocenters. The molecule has 5 nitrogen and oxygen atoms in total. The van der Waals surface area contributed by atoms with Gasteiger partial charge < -0.3 is 45.0 Å². The molecule has 1 heterocycles. The zero-order chi connectivity index (χ0) is 15.3. The monoisotopic (exact) mass is 365 g/mol. The number of hydrogen-bond donors (Lipinski definition) is 1. The number of carbonyl (C=O) groups excluding carboxylic acids is 2. The first-order valence-corrected chi connectivity index (χ1v) is 6.62. The van der Waals surface area contributed by atoms with Crippen molar-refractivity contribution >= 4 is 40.9 Å². The molecule has 0 saturated carbocycles. The van der Waals surface area contributed by atoms with Crippen LogP contribution in [0.15, 0.2) is 35.6 Å². The molecule has 0 saturated heterocycles. The van der Waals surface area contributed by atoms with E-state index < -0.39 is 12.0 Å². The van der Waals surface area contributed by atoms with Gasteiger partial charge in [-0.3, -0.25) is 4.79 Å². The molecule has 0 aromatic carbocycles. The SMILES string of the molecule is CN(C)C(=S)[S-].O=C([O-])C1=CC=C2CC=CC(=O)C2N1.[Mn+2]. The molecule has 113 valence electrons. The third-order valence-corrected chi connectivity index (χ3v) is 3.37. The molecule has 0 amide bonds. The summed E-state index contributed by atoms with van der Waals surface area (Å²) in [5, 5.41) is 13.2. The number of nitrogens with one attached hydrogen (secondary N) is 1. The molecule has 0 bridgehead atoms. The Bertz CT molecular complexity index is 528. The number of nitrogens with zero attached hydrogens (tertiary/aromatic N) is 1. The van der Waals surface area contributed by atoms with Gasteiger partial charge in [-0.05, 0) is 24.1 Å².